The van der Waals surface area contributed by atoms with Gasteiger partial charge in [0.2, 0.25) is 5.91 Å². The van der Waals surface area contributed by atoms with Gasteiger partial charge in [0.1, 0.15) is 11.9 Å². The summed E-state index contributed by atoms with van der Waals surface area (Å²) in [5.41, 5.74) is 0.263. The van der Waals surface area contributed by atoms with E-state index in [0.29, 0.717) is 0 Å². The minimum atomic E-state index is -4.46. The molecule has 0 aromatic heterocycles. The molecule has 1 heterocycles. The molecule has 0 radical (unpaired) electrons. The summed E-state index contributed by atoms with van der Waals surface area (Å²) in [7, 11) is 1.69. The highest BCUT2D eigenvalue weighted by molar-refractivity contribution is 5.99. The maximum atomic E-state index is 13.5. The summed E-state index contributed by atoms with van der Waals surface area (Å²) in [4.78, 5) is 41.5. The number of nitrogens with one attached hydrogen (secondary N) is 2. The second-order valence-electron chi connectivity index (χ2n) is 10.7. The Morgan fingerprint density at radius 1 is 1.23 bits per heavy atom. The highest BCUT2D eigenvalue weighted by atomic mass is 19.4. The van der Waals surface area contributed by atoms with Crippen LogP contribution < -0.4 is 15.4 Å². The number of amides is 4. The average Bonchev–Trinajstić information content (AvgIpc) is 2.89. The van der Waals surface area contributed by atoms with Crippen LogP contribution in [-0.4, -0.2) is 83.9 Å². The van der Waals surface area contributed by atoms with Gasteiger partial charge in [0.15, 0.2) is 0 Å². The number of carbonyl (C=O) groups is 3. The van der Waals surface area contributed by atoms with Crippen LogP contribution in [0.15, 0.2) is 18.2 Å². The van der Waals surface area contributed by atoms with Crippen molar-refractivity contribution in [2.24, 2.45) is 5.92 Å². The predicted octanol–water partition coefficient (Wildman–Crippen LogP) is 4.16. The summed E-state index contributed by atoms with van der Waals surface area (Å²) in [6, 6.07) is 3.74. The lowest BCUT2D eigenvalue weighted by Crippen LogP contribution is -2.52. The molecular formula is C27H39F3N4O5. The lowest BCUT2D eigenvalue weighted by Gasteiger charge is -2.38. The number of fused-ring (bicyclic) bond motifs is 1. The molecule has 1 fully saturated rings. The summed E-state index contributed by atoms with van der Waals surface area (Å²) >= 11 is 0. The third-order valence-electron chi connectivity index (χ3n) is 7.32. The van der Waals surface area contributed by atoms with Crippen LogP contribution in [-0.2, 0) is 4.79 Å². The highest BCUT2D eigenvalue weighted by Crippen LogP contribution is 2.31. The summed E-state index contributed by atoms with van der Waals surface area (Å²) in [5.74, 6) is -1.25. The third kappa shape index (κ3) is 8.74. The number of hydrogen-bond donors (Lipinski definition) is 3. The first-order valence-corrected chi connectivity index (χ1v) is 13.5. The quantitative estimate of drug-likeness (QED) is 0.445. The molecule has 2 aliphatic rings. The molecule has 0 spiro atoms. The second kappa shape index (κ2) is 13.4. The smallest absolute Gasteiger partial charge is 0.389 e. The number of rotatable bonds is 8. The number of alkyl halides is 3. The first-order valence-electron chi connectivity index (χ1n) is 13.5. The van der Waals surface area contributed by atoms with E-state index < -0.39 is 43.0 Å². The van der Waals surface area contributed by atoms with Gasteiger partial charge in [-0.3, -0.25) is 9.59 Å². The SMILES string of the molecule is C[C@@H]1CN([C@@H](C)CO)C(=O)c2cc(NC(=O)CCC(F)(F)F)ccc2O[C@H]1CN(C)C(=O)NC1CCCCC1. The fraction of sp³-hybridized carbons (Fsp3) is 0.667. The molecule has 4 amide bonds. The van der Waals surface area contributed by atoms with Crippen LogP contribution in [0.1, 0.15) is 69.2 Å². The Morgan fingerprint density at radius 2 is 1.92 bits per heavy atom. The van der Waals surface area contributed by atoms with E-state index >= 15 is 0 Å². The number of urea groups is 1. The molecule has 39 heavy (non-hydrogen) atoms. The number of hydrogen-bond acceptors (Lipinski definition) is 5. The van der Waals surface area contributed by atoms with E-state index in [2.05, 4.69) is 10.6 Å². The van der Waals surface area contributed by atoms with Crippen molar-refractivity contribution in [1.82, 2.24) is 15.1 Å². The molecule has 1 saturated carbocycles. The lowest BCUT2D eigenvalue weighted by molar-refractivity contribution is -0.142. The van der Waals surface area contributed by atoms with Crippen molar-refractivity contribution < 1.29 is 37.4 Å². The zero-order valence-corrected chi connectivity index (χ0v) is 22.7. The molecule has 1 aromatic carbocycles. The van der Waals surface area contributed by atoms with Gasteiger partial charge in [0.25, 0.3) is 5.91 Å². The molecule has 9 nitrogen and oxygen atoms in total. The van der Waals surface area contributed by atoms with Crippen molar-refractivity contribution in [3.05, 3.63) is 23.8 Å². The van der Waals surface area contributed by atoms with Crippen LogP contribution in [0.5, 0.6) is 5.75 Å². The molecule has 12 heteroatoms. The van der Waals surface area contributed by atoms with Crippen LogP contribution in [0, 0.1) is 5.92 Å². The van der Waals surface area contributed by atoms with Crippen LogP contribution >= 0.6 is 0 Å². The van der Waals surface area contributed by atoms with Crippen molar-refractivity contribution >= 4 is 23.5 Å². The van der Waals surface area contributed by atoms with Gasteiger partial charge in [-0.05, 0) is 38.0 Å². The lowest BCUT2D eigenvalue weighted by atomic mass is 9.96. The Morgan fingerprint density at radius 3 is 2.56 bits per heavy atom. The number of likely N-dealkylation sites (N-methyl/N-ethyl adjacent to an activating group) is 1. The Balaban J connectivity index is 1.80. The molecule has 218 valence electrons. The molecule has 0 bridgehead atoms. The molecule has 3 N–H and O–H groups in total. The topological polar surface area (TPSA) is 111 Å². The van der Waals surface area contributed by atoms with Crippen molar-refractivity contribution in [3.63, 3.8) is 0 Å². The standard InChI is InChI=1S/C27H39F3N4O5/c1-17-14-34(18(2)16-35)25(37)21-13-20(31-24(36)11-12-27(28,29)30)9-10-22(21)39-23(17)15-33(3)26(38)32-19-7-5-4-6-8-19/h9-10,13,17-19,23,35H,4-8,11-12,14-16H2,1-3H3,(H,31,36)(H,32,38)/t17-,18+,23+/m1/s1. The third-order valence-corrected chi connectivity index (χ3v) is 7.32. The van der Waals surface area contributed by atoms with Crippen molar-refractivity contribution in [2.75, 3.05) is 32.1 Å². The van der Waals surface area contributed by atoms with E-state index in [4.69, 9.17) is 4.74 Å². The average molecular weight is 557 g/mol. The van der Waals surface area contributed by atoms with Crippen molar-refractivity contribution in [3.8, 4) is 5.75 Å². The van der Waals surface area contributed by atoms with E-state index in [0.717, 1.165) is 25.7 Å². The molecule has 0 unspecified atom stereocenters. The van der Waals surface area contributed by atoms with Gasteiger partial charge in [-0.1, -0.05) is 26.2 Å². The van der Waals surface area contributed by atoms with Gasteiger partial charge in [-0.25, -0.2) is 4.79 Å². The highest BCUT2D eigenvalue weighted by Gasteiger charge is 2.34. The maximum Gasteiger partial charge on any atom is 0.389 e. The molecule has 1 aliphatic carbocycles. The van der Waals surface area contributed by atoms with Crippen molar-refractivity contribution in [2.45, 2.75) is 83.2 Å². The van der Waals surface area contributed by atoms with E-state index in [1.54, 1.807) is 18.9 Å². The predicted molar refractivity (Wildman–Crippen MR) is 140 cm³/mol. The van der Waals surface area contributed by atoms with Gasteiger partial charge < -0.3 is 30.3 Å². The number of halogens is 3. The minimum absolute atomic E-state index is 0.107. The number of ether oxygens (including phenoxy) is 1. The minimum Gasteiger partial charge on any atom is -0.487 e. The van der Waals surface area contributed by atoms with Gasteiger partial charge in [0, 0.05) is 37.7 Å². The number of nitrogens with zero attached hydrogens (tertiary/aromatic N) is 2. The Hall–Kier alpha value is -3.02. The summed E-state index contributed by atoms with van der Waals surface area (Å²) in [6.07, 6.45) is -1.70. The fourth-order valence-corrected chi connectivity index (χ4v) is 4.88. The molecule has 0 saturated heterocycles. The molecule has 3 rings (SSSR count). The van der Waals surface area contributed by atoms with Gasteiger partial charge in [-0.15, -0.1) is 0 Å². The van der Waals surface area contributed by atoms with Crippen LogP contribution in [0.2, 0.25) is 0 Å². The van der Waals surface area contributed by atoms with Crippen LogP contribution in [0.3, 0.4) is 0 Å². The summed E-state index contributed by atoms with van der Waals surface area (Å²) in [6.45, 7) is 3.81. The van der Waals surface area contributed by atoms with Gasteiger partial charge in [-0.2, -0.15) is 13.2 Å². The molecule has 1 aromatic rings. The molecular weight excluding hydrogens is 517 g/mol. The van der Waals surface area contributed by atoms with E-state index in [1.807, 2.05) is 6.92 Å². The Kier molecular flexibility index (Phi) is 10.5. The van der Waals surface area contributed by atoms with Gasteiger partial charge >= 0.3 is 12.2 Å². The largest absolute Gasteiger partial charge is 0.487 e. The fourth-order valence-electron chi connectivity index (χ4n) is 4.88. The first kappa shape index (κ1) is 30.5. The number of aliphatic hydroxyl groups is 1. The number of anilines is 1. The molecule has 3 atom stereocenters. The van der Waals surface area contributed by atoms with Crippen LogP contribution in [0.25, 0.3) is 0 Å². The summed E-state index contributed by atoms with van der Waals surface area (Å²) < 4.78 is 43.7. The number of carbonyl (C=O) groups excluding carboxylic acids is 3. The number of benzene rings is 1. The monoisotopic (exact) mass is 556 g/mol. The maximum absolute atomic E-state index is 13.5. The zero-order chi connectivity index (χ0) is 28.7. The molecule has 1 aliphatic heterocycles. The first-order chi connectivity index (χ1) is 18.4. The number of aliphatic hydroxyl groups excluding tert-OH is 1. The van der Waals surface area contributed by atoms with Gasteiger partial charge in [0.05, 0.1) is 31.2 Å². The van der Waals surface area contributed by atoms with Crippen LogP contribution in [0.4, 0.5) is 23.7 Å². The van der Waals surface area contributed by atoms with E-state index in [-0.39, 0.29) is 54.7 Å². The van der Waals surface area contributed by atoms with E-state index in [9.17, 15) is 32.7 Å². The van der Waals surface area contributed by atoms with E-state index in [1.165, 1.54) is 29.5 Å². The second-order valence-corrected chi connectivity index (χ2v) is 10.7. The Labute approximate surface area is 227 Å². The summed E-state index contributed by atoms with van der Waals surface area (Å²) in [5, 5.41) is 15.3. The Bertz CT molecular complexity index is 1020. The normalized spacial score (nSPS) is 21.2. The zero-order valence-electron chi connectivity index (χ0n) is 22.7. The van der Waals surface area contributed by atoms with Crippen molar-refractivity contribution in [1.29, 1.82) is 0 Å².